The predicted octanol–water partition coefficient (Wildman–Crippen LogP) is 3.99. The van der Waals surface area contributed by atoms with Crippen LogP contribution in [0.15, 0.2) is 52.9 Å². The van der Waals surface area contributed by atoms with Gasteiger partial charge in [-0.25, -0.2) is 13.4 Å². The van der Waals surface area contributed by atoms with Gasteiger partial charge < -0.3 is 0 Å². The van der Waals surface area contributed by atoms with Crippen LogP contribution < -0.4 is 5.56 Å². The molecule has 2 aliphatic rings. The number of aryl methyl sites for hydroxylation is 1. The fourth-order valence-corrected chi connectivity index (χ4v) is 8.03. The molecule has 1 unspecified atom stereocenters. The average molecular weight is 541 g/mol. The van der Waals surface area contributed by atoms with Crippen LogP contribution in [0.25, 0.3) is 20.0 Å². The van der Waals surface area contributed by atoms with Crippen molar-refractivity contribution in [3.63, 3.8) is 0 Å². The van der Waals surface area contributed by atoms with Crippen LogP contribution in [0.2, 0.25) is 0 Å². The number of nitrogens with zero attached hydrogens (tertiary/aromatic N) is 4. The Morgan fingerprint density at radius 3 is 2.64 bits per heavy atom. The number of hydrogen-bond donors (Lipinski definition) is 0. The molecule has 0 saturated carbocycles. The lowest BCUT2D eigenvalue weighted by atomic mass is 9.87. The van der Waals surface area contributed by atoms with Crippen LogP contribution in [0.3, 0.4) is 0 Å². The summed E-state index contributed by atoms with van der Waals surface area (Å²) < 4.78 is 27.7. The Balaban J connectivity index is 1.16. The minimum absolute atomic E-state index is 0.0612. The molecule has 0 amide bonds. The molecule has 1 aliphatic carbocycles. The van der Waals surface area contributed by atoms with Gasteiger partial charge in [0.25, 0.3) is 5.56 Å². The minimum atomic E-state index is -3.11. The van der Waals surface area contributed by atoms with Crippen LogP contribution in [0.1, 0.15) is 29.2 Å². The first-order chi connectivity index (χ1) is 17.3. The van der Waals surface area contributed by atoms with Crippen LogP contribution in [-0.2, 0) is 29.4 Å². The number of aromatic nitrogens is 2. The minimum Gasteiger partial charge on any atom is -0.296 e. The van der Waals surface area contributed by atoms with Crippen LogP contribution in [0.4, 0.5) is 0 Å². The molecule has 0 N–H and O–H groups in total. The third-order valence-corrected chi connectivity index (χ3v) is 10.8. The molecule has 1 saturated heterocycles. The Morgan fingerprint density at radius 1 is 1.06 bits per heavy atom. The van der Waals surface area contributed by atoms with E-state index < -0.39 is 10.0 Å². The Kier molecular flexibility index (Phi) is 6.33. The second-order valence-electron chi connectivity index (χ2n) is 9.70. The lowest BCUT2D eigenvalue weighted by Crippen LogP contribution is -2.47. The lowest BCUT2D eigenvalue weighted by molar-refractivity contribution is 0.182. The number of fused-ring (bicyclic) bond motifs is 2. The Hall–Kier alpha value is -2.37. The standard InChI is InChI=1S/C26H28N4O3S3/c1-36(32,33)29-10-8-28(9-11-29)16-18-4-5-20-14-21(7-6-19(20)13-18)30-17-27-22-15-24(23-3-2-12-34-23)35-25(22)26(30)31/h2-5,12-13,15,17,21H,6-11,14,16H2,1H3. The number of thiophene rings is 2. The van der Waals surface area contributed by atoms with Gasteiger partial charge in [0.1, 0.15) is 4.70 Å². The molecule has 4 heterocycles. The molecule has 6 rings (SSSR count). The van der Waals surface area contributed by atoms with Gasteiger partial charge in [-0.3, -0.25) is 14.3 Å². The van der Waals surface area contributed by atoms with Gasteiger partial charge in [-0.2, -0.15) is 4.31 Å². The van der Waals surface area contributed by atoms with Crippen LogP contribution in [0.5, 0.6) is 0 Å². The second-order valence-corrected chi connectivity index (χ2v) is 13.7. The van der Waals surface area contributed by atoms with Gasteiger partial charge in [0.15, 0.2) is 0 Å². The molecule has 0 bridgehead atoms. The SMILES string of the molecule is CS(=O)(=O)N1CCN(Cc2ccc3c(c2)CCC(n2cnc4cc(-c5cccs5)sc4c2=O)C3)CC1. The van der Waals surface area contributed by atoms with Gasteiger partial charge in [0.2, 0.25) is 10.0 Å². The van der Waals surface area contributed by atoms with E-state index >= 15 is 0 Å². The molecule has 10 heteroatoms. The molecule has 0 spiro atoms. The van der Waals surface area contributed by atoms with Crippen molar-refractivity contribution in [3.8, 4) is 9.75 Å². The van der Waals surface area contributed by atoms with Crippen molar-refractivity contribution >= 4 is 42.9 Å². The largest absolute Gasteiger partial charge is 0.296 e. The third kappa shape index (κ3) is 4.68. The molecule has 1 fully saturated rings. The topological polar surface area (TPSA) is 75.5 Å². The maximum Gasteiger partial charge on any atom is 0.271 e. The van der Waals surface area contributed by atoms with Crippen molar-refractivity contribution in [2.24, 2.45) is 0 Å². The van der Waals surface area contributed by atoms with E-state index in [4.69, 9.17) is 0 Å². The van der Waals surface area contributed by atoms with Gasteiger partial charge in [-0.15, -0.1) is 22.7 Å². The van der Waals surface area contributed by atoms with Crippen molar-refractivity contribution < 1.29 is 8.42 Å². The van der Waals surface area contributed by atoms with E-state index in [-0.39, 0.29) is 11.6 Å². The zero-order valence-electron chi connectivity index (χ0n) is 20.1. The molecule has 36 heavy (non-hydrogen) atoms. The van der Waals surface area contributed by atoms with Crippen LogP contribution in [0, 0.1) is 0 Å². The number of benzene rings is 1. The highest BCUT2D eigenvalue weighted by Gasteiger charge is 2.25. The zero-order chi connectivity index (χ0) is 24.9. The first kappa shape index (κ1) is 24.0. The van der Waals surface area contributed by atoms with Gasteiger partial charge in [-0.05, 0) is 53.5 Å². The van der Waals surface area contributed by atoms with E-state index in [1.807, 2.05) is 16.7 Å². The normalized spacial score (nSPS) is 19.5. The smallest absolute Gasteiger partial charge is 0.271 e. The first-order valence-corrected chi connectivity index (χ1v) is 15.7. The summed E-state index contributed by atoms with van der Waals surface area (Å²) in [5.74, 6) is 0. The second kappa shape index (κ2) is 9.50. The Labute approximate surface area is 218 Å². The first-order valence-electron chi connectivity index (χ1n) is 12.2. The quantitative estimate of drug-likeness (QED) is 0.383. The van der Waals surface area contributed by atoms with Crippen molar-refractivity contribution in [2.75, 3.05) is 32.4 Å². The summed E-state index contributed by atoms with van der Waals surface area (Å²) in [6.45, 7) is 3.44. The van der Waals surface area contributed by atoms with Crippen LogP contribution in [-0.4, -0.2) is 59.6 Å². The maximum atomic E-state index is 13.4. The zero-order valence-corrected chi connectivity index (χ0v) is 22.5. The molecule has 1 atom stereocenters. The monoisotopic (exact) mass is 540 g/mol. The summed E-state index contributed by atoms with van der Waals surface area (Å²) in [5.41, 5.74) is 4.76. The third-order valence-electron chi connectivity index (χ3n) is 7.30. The van der Waals surface area contributed by atoms with E-state index in [1.54, 1.807) is 22.0 Å². The van der Waals surface area contributed by atoms with Crippen molar-refractivity contribution in [2.45, 2.75) is 31.8 Å². The van der Waals surface area contributed by atoms with Crippen molar-refractivity contribution in [3.05, 3.63) is 75.1 Å². The van der Waals surface area contributed by atoms with E-state index in [0.29, 0.717) is 13.1 Å². The Morgan fingerprint density at radius 2 is 1.89 bits per heavy atom. The number of sulfonamides is 1. The molecule has 3 aromatic heterocycles. The molecular weight excluding hydrogens is 513 g/mol. The molecule has 1 aromatic carbocycles. The molecule has 1 aliphatic heterocycles. The van der Waals surface area contributed by atoms with Crippen LogP contribution >= 0.6 is 22.7 Å². The van der Waals surface area contributed by atoms with Crippen molar-refractivity contribution in [1.82, 2.24) is 18.8 Å². The predicted molar refractivity (Wildman–Crippen MR) is 146 cm³/mol. The van der Waals surface area contributed by atoms with E-state index in [0.717, 1.165) is 54.0 Å². The molecule has 0 radical (unpaired) electrons. The van der Waals surface area contributed by atoms with Gasteiger partial charge in [0.05, 0.1) is 18.1 Å². The number of piperazine rings is 1. The highest BCUT2D eigenvalue weighted by Crippen LogP contribution is 2.34. The number of hydrogen-bond acceptors (Lipinski definition) is 7. The van der Waals surface area contributed by atoms with Gasteiger partial charge >= 0.3 is 0 Å². The highest BCUT2D eigenvalue weighted by atomic mass is 32.2. The maximum absolute atomic E-state index is 13.4. The van der Waals surface area contributed by atoms with E-state index in [9.17, 15) is 13.2 Å². The Bertz CT molecular complexity index is 1570. The average Bonchev–Trinajstić information content (AvgIpc) is 3.54. The fraction of sp³-hybridized carbons (Fsp3) is 0.385. The van der Waals surface area contributed by atoms with Crippen molar-refractivity contribution in [1.29, 1.82) is 0 Å². The summed E-state index contributed by atoms with van der Waals surface area (Å²) in [4.78, 5) is 22.6. The summed E-state index contributed by atoms with van der Waals surface area (Å²) in [6, 6.07) is 12.9. The fourth-order valence-electron chi connectivity index (χ4n) is 5.33. The summed E-state index contributed by atoms with van der Waals surface area (Å²) in [7, 11) is -3.11. The molecule has 4 aromatic rings. The van der Waals surface area contributed by atoms with E-state index in [1.165, 1.54) is 39.2 Å². The molecular formula is C26H28N4O3S3. The highest BCUT2D eigenvalue weighted by molar-refractivity contribution is 7.88. The summed E-state index contributed by atoms with van der Waals surface area (Å²) >= 11 is 3.22. The summed E-state index contributed by atoms with van der Waals surface area (Å²) in [6.07, 6.45) is 5.70. The summed E-state index contributed by atoms with van der Waals surface area (Å²) in [5, 5.41) is 2.05. The number of rotatable bonds is 5. The molecule has 188 valence electrons. The molecule has 7 nitrogen and oxygen atoms in total. The van der Waals surface area contributed by atoms with Gasteiger partial charge in [-0.1, -0.05) is 24.3 Å². The van der Waals surface area contributed by atoms with Gasteiger partial charge in [0, 0.05) is 48.5 Å². The lowest BCUT2D eigenvalue weighted by Gasteiger charge is -2.33. The van der Waals surface area contributed by atoms with E-state index in [2.05, 4.69) is 39.5 Å².